The van der Waals surface area contributed by atoms with E-state index in [4.69, 9.17) is 0 Å². The van der Waals surface area contributed by atoms with E-state index >= 15 is 0 Å². The zero-order valence-electron chi connectivity index (χ0n) is 9.16. The lowest BCUT2D eigenvalue weighted by Crippen LogP contribution is -1.85. The molecule has 0 saturated carbocycles. The third-order valence-corrected chi connectivity index (χ3v) is 2.04. The SMILES string of the molecule is C=C(C)CCCC(=C)CCC(=C)C. The average molecular weight is 178 g/mol. The summed E-state index contributed by atoms with van der Waals surface area (Å²) < 4.78 is 0. The van der Waals surface area contributed by atoms with Crippen molar-refractivity contribution < 1.29 is 0 Å². The standard InChI is InChI=1S/C13H22/c1-11(2)7-6-8-13(5)10-9-12(3)4/h1,3,5-10H2,2,4H3. The quantitative estimate of drug-likeness (QED) is 0.498. The minimum Gasteiger partial charge on any atom is -0.100 e. The molecule has 0 aliphatic heterocycles. The molecule has 0 atom stereocenters. The zero-order valence-corrected chi connectivity index (χ0v) is 9.16. The van der Waals surface area contributed by atoms with Crippen LogP contribution in [0.25, 0.3) is 0 Å². The Morgan fingerprint density at radius 3 is 1.77 bits per heavy atom. The van der Waals surface area contributed by atoms with Gasteiger partial charge in [0.2, 0.25) is 0 Å². The van der Waals surface area contributed by atoms with Crippen molar-refractivity contribution in [3.05, 3.63) is 36.5 Å². The van der Waals surface area contributed by atoms with Crippen LogP contribution in [0.15, 0.2) is 36.5 Å². The van der Waals surface area contributed by atoms with Crippen LogP contribution >= 0.6 is 0 Å². The van der Waals surface area contributed by atoms with Crippen LogP contribution in [0, 0.1) is 0 Å². The van der Waals surface area contributed by atoms with Gasteiger partial charge in [0.15, 0.2) is 0 Å². The lowest BCUT2D eigenvalue weighted by molar-refractivity contribution is 0.764. The first-order valence-corrected chi connectivity index (χ1v) is 4.97. The van der Waals surface area contributed by atoms with Crippen LogP contribution in [0.2, 0.25) is 0 Å². The van der Waals surface area contributed by atoms with Crippen LogP contribution in [-0.2, 0) is 0 Å². The Morgan fingerprint density at radius 2 is 1.31 bits per heavy atom. The Kier molecular flexibility index (Phi) is 6.30. The molecule has 0 saturated heterocycles. The molecule has 0 aromatic carbocycles. The van der Waals surface area contributed by atoms with Crippen molar-refractivity contribution in [3.8, 4) is 0 Å². The maximum absolute atomic E-state index is 4.05. The predicted octanol–water partition coefficient (Wildman–Crippen LogP) is 4.65. The van der Waals surface area contributed by atoms with Gasteiger partial charge in [0.1, 0.15) is 0 Å². The van der Waals surface area contributed by atoms with Gasteiger partial charge in [-0.15, -0.1) is 13.2 Å². The van der Waals surface area contributed by atoms with Crippen molar-refractivity contribution in [2.45, 2.75) is 46.0 Å². The van der Waals surface area contributed by atoms with Crippen LogP contribution in [0.1, 0.15) is 46.0 Å². The summed E-state index contributed by atoms with van der Waals surface area (Å²) in [6, 6.07) is 0. The molecule has 0 N–H and O–H groups in total. The van der Waals surface area contributed by atoms with Gasteiger partial charge in [-0.05, 0) is 46.0 Å². The van der Waals surface area contributed by atoms with E-state index in [1.54, 1.807) is 0 Å². The predicted molar refractivity (Wildman–Crippen MR) is 61.9 cm³/mol. The van der Waals surface area contributed by atoms with Crippen molar-refractivity contribution in [3.63, 3.8) is 0 Å². The van der Waals surface area contributed by atoms with Crippen LogP contribution in [0.4, 0.5) is 0 Å². The van der Waals surface area contributed by atoms with Gasteiger partial charge < -0.3 is 0 Å². The monoisotopic (exact) mass is 178 g/mol. The van der Waals surface area contributed by atoms with Gasteiger partial charge in [0.25, 0.3) is 0 Å². The molecule has 0 unspecified atom stereocenters. The van der Waals surface area contributed by atoms with E-state index in [1.807, 2.05) is 0 Å². The highest BCUT2D eigenvalue weighted by molar-refractivity contribution is 5.00. The summed E-state index contributed by atoms with van der Waals surface area (Å²) in [5.74, 6) is 0. The van der Waals surface area contributed by atoms with Crippen molar-refractivity contribution in [1.29, 1.82) is 0 Å². The second-order valence-corrected chi connectivity index (χ2v) is 4.02. The zero-order chi connectivity index (χ0) is 10.3. The number of rotatable bonds is 7. The summed E-state index contributed by atoms with van der Waals surface area (Å²) in [7, 11) is 0. The molecule has 0 fully saturated rings. The highest BCUT2D eigenvalue weighted by atomic mass is 14.0. The molecular formula is C13H22. The lowest BCUT2D eigenvalue weighted by atomic mass is 10.0. The number of hydrogen-bond acceptors (Lipinski definition) is 0. The number of hydrogen-bond donors (Lipinski definition) is 0. The van der Waals surface area contributed by atoms with Crippen LogP contribution in [0.5, 0.6) is 0 Å². The lowest BCUT2D eigenvalue weighted by Gasteiger charge is -2.05. The van der Waals surface area contributed by atoms with Crippen molar-refractivity contribution in [2.75, 3.05) is 0 Å². The van der Waals surface area contributed by atoms with Gasteiger partial charge >= 0.3 is 0 Å². The largest absolute Gasteiger partial charge is 0.100 e. The molecule has 13 heavy (non-hydrogen) atoms. The average Bonchev–Trinajstić information content (AvgIpc) is 2.00. The number of allylic oxidation sites excluding steroid dienone is 3. The van der Waals surface area contributed by atoms with Gasteiger partial charge in [-0.1, -0.05) is 23.3 Å². The maximum Gasteiger partial charge on any atom is -0.0286 e. The van der Waals surface area contributed by atoms with Crippen LogP contribution < -0.4 is 0 Å². The highest BCUT2D eigenvalue weighted by Crippen LogP contribution is 2.15. The molecular weight excluding hydrogens is 156 g/mol. The molecule has 74 valence electrons. The van der Waals surface area contributed by atoms with Gasteiger partial charge in [-0.3, -0.25) is 0 Å². The Morgan fingerprint density at radius 1 is 0.769 bits per heavy atom. The summed E-state index contributed by atoms with van der Waals surface area (Å²) >= 11 is 0. The molecule has 0 aromatic heterocycles. The van der Waals surface area contributed by atoms with Crippen molar-refractivity contribution in [1.82, 2.24) is 0 Å². The molecule has 0 amide bonds. The van der Waals surface area contributed by atoms with Crippen LogP contribution in [0.3, 0.4) is 0 Å². The summed E-state index contributed by atoms with van der Waals surface area (Å²) in [6.07, 6.45) is 5.66. The molecule has 0 bridgehead atoms. The Labute approximate surface area is 83.0 Å². The second kappa shape index (κ2) is 6.71. The minimum atomic E-state index is 1.09. The fourth-order valence-electron chi connectivity index (χ4n) is 1.16. The molecule has 0 rings (SSSR count). The van der Waals surface area contributed by atoms with E-state index in [9.17, 15) is 0 Å². The van der Waals surface area contributed by atoms with E-state index in [1.165, 1.54) is 23.1 Å². The fourth-order valence-corrected chi connectivity index (χ4v) is 1.16. The Bertz CT molecular complexity index is 196. The first kappa shape index (κ1) is 12.2. The summed E-state index contributed by atoms with van der Waals surface area (Å²) in [4.78, 5) is 0. The smallest absolute Gasteiger partial charge is 0.0286 e. The van der Waals surface area contributed by atoms with Gasteiger partial charge in [0, 0.05) is 0 Å². The fraction of sp³-hybridized carbons (Fsp3) is 0.538. The molecule has 0 heteroatoms. The summed E-state index contributed by atoms with van der Waals surface area (Å²) in [5, 5.41) is 0. The van der Waals surface area contributed by atoms with Gasteiger partial charge in [0.05, 0.1) is 0 Å². The Hall–Kier alpha value is -0.780. The molecule has 0 heterocycles. The van der Waals surface area contributed by atoms with E-state index in [0.717, 1.165) is 25.7 Å². The third-order valence-electron chi connectivity index (χ3n) is 2.04. The normalized spacial score (nSPS) is 9.69. The van der Waals surface area contributed by atoms with E-state index < -0.39 is 0 Å². The molecule has 0 aliphatic carbocycles. The highest BCUT2D eigenvalue weighted by Gasteiger charge is 1.95. The van der Waals surface area contributed by atoms with Crippen molar-refractivity contribution >= 4 is 0 Å². The van der Waals surface area contributed by atoms with Crippen molar-refractivity contribution in [2.24, 2.45) is 0 Å². The first-order chi connectivity index (χ1) is 6.02. The molecule has 0 nitrogen and oxygen atoms in total. The topological polar surface area (TPSA) is 0 Å². The third kappa shape index (κ3) is 9.13. The molecule has 0 aromatic rings. The van der Waals surface area contributed by atoms with E-state index in [2.05, 4.69) is 33.6 Å². The summed E-state index contributed by atoms with van der Waals surface area (Å²) in [6.45, 7) is 16.0. The second-order valence-electron chi connectivity index (χ2n) is 4.02. The van der Waals surface area contributed by atoms with Gasteiger partial charge in [-0.2, -0.15) is 0 Å². The van der Waals surface area contributed by atoms with E-state index in [0.29, 0.717) is 0 Å². The molecule has 0 spiro atoms. The molecule has 0 aliphatic rings. The molecule has 0 radical (unpaired) electrons. The first-order valence-electron chi connectivity index (χ1n) is 4.97. The Balaban J connectivity index is 3.41. The summed E-state index contributed by atoms with van der Waals surface area (Å²) in [5.41, 5.74) is 3.87. The minimum absolute atomic E-state index is 1.09. The van der Waals surface area contributed by atoms with Gasteiger partial charge in [-0.25, -0.2) is 0 Å². The van der Waals surface area contributed by atoms with E-state index in [-0.39, 0.29) is 0 Å². The van der Waals surface area contributed by atoms with Crippen LogP contribution in [-0.4, -0.2) is 0 Å². The maximum atomic E-state index is 4.05.